The second-order valence-electron chi connectivity index (χ2n) is 5.55. The van der Waals surface area contributed by atoms with E-state index < -0.39 is 0 Å². The predicted octanol–water partition coefficient (Wildman–Crippen LogP) is 4.64. The Morgan fingerprint density at radius 1 is 0.737 bits per heavy atom. The van der Waals surface area contributed by atoms with Crippen LogP contribution in [-0.4, -0.2) is 0 Å². The molecular weight excluding hydrogens is 228 g/mol. The van der Waals surface area contributed by atoms with E-state index in [4.69, 9.17) is 0 Å². The van der Waals surface area contributed by atoms with Gasteiger partial charge in [-0.2, -0.15) is 0 Å². The Labute approximate surface area is 113 Å². The molecule has 0 radical (unpaired) electrons. The molecule has 0 heteroatoms. The summed E-state index contributed by atoms with van der Waals surface area (Å²) < 4.78 is 0. The van der Waals surface area contributed by atoms with Gasteiger partial charge in [0.25, 0.3) is 0 Å². The van der Waals surface area contributed by atoms with Crippen LogP contribution in [0.1, 0.15) is 27.8 Å². The molecule has 0 bridgehead atoms. The lowest BCUT2D eigenvalue weighted by Gasteiger charge is -2.21. The molecule has 0 N–H and O–H groups in total. The highest BCUT2D eigenvalue weighted by atomic mass is 14.2. The van der Waals surface area contributed by atoms with Crippen molar-refractivity contribution in [2.75, 3.05) is 0 Å². The first kappa shape index (κ1) is 10.8. The highest BCUT2D eigenvalue weighted by Gasteiger charge is 2.16. The molecule has 0 saturated heterocycles. The molecule has 3 aromatic rings. The maximum absolute atomic E-state index is 2.34. The number of hydrogen-bond acceptors (Lipinski definition) is 0. The molecule has 0 nitrogen and oxygen atoms in total. The van der Waals surface area contributed by atoms with Crippen LogP contribution in [0, 0.1) is 6.92 Å². The smallest absolute Gasteiger partial charge is 0.00139 e. The first-order valence-electron chi connectivity index (χ1n) is 6.89. The maximum atomic E-state index is 2.34. The monoisotopic (exact) mass is 244 g/mol. The summed E-state index contributed by atoms with van der Waals surface area (Å²) in [7, 11) is 0. The summed E-state index contributed by atoms with van der Waals surface area (Å²) in [6, 6.07) is 20.2. The first-order valence-corrected chi connectivity index (χ1v) is 6.89. The van der Waals surface area contributed by atoms with Crippen molar-refractivity contribution in [2.45, 2.75) is 19.8 Å². The Balaban J connectivity index is 1.98. The van der Waals surface area contributed by atoms with Gasteiger partial charge < -0.3 is 0 Å². The van der Waals surface area contributed by atoms with Crippen molar-refractivity contribution in [2.24, 2.45) is 0 Å². The van der Waals surface area contributed by atoms with E-state index in [2.05, 4.69) is 61.5 Å². The van der Waals surface area contributed by atoms with Crippen LogP contribution >= 0.6 is 0 Å². The lowest BCUT2D eigenvalue weighted by atomic mass is 9.83. The zero-order chi connectivity index (χ0) is 12.8. The number of benzene rings is 3. The normalized spacial score (nSPS) is 13.1. The van der Waals surface area contributed by atoms with Gasteiger partial charge in [0, 0.05) is 0 Å². The third kappa shape index (κ3) is 1.67. The van der Waals surface area contributed by atoms with Crippen LogP contribution in [0.4, 0.5) is 0 Å². The van der Waals surface area contributed by atoms with E-state index in [1.54, 1.807) is 0 Å². The summed E-state index contributed by atoms with van der Waals surface area (Å²) in [5.74, 6) is 0. The molecule has 0 spiro atoms. The molecule has 92 valence electrons. The fourth-order valence-corrected chi connectivity index (χ4v) is 3.21. The van der Waals surface area contributed by atoms with E-state index in [-0.39, 0.29) is 0 Å². The van der Waals surface area contributed by atoms with Gasteiger partial charge in [-0.1, -0.05) is 60.2 Å². The van der Waals surface area contributed by atoms with Crippen LogP contribution in [-0.2, 0) is 12.8 Å². The van der Waals surface area contributed by atoms with Gasteiger partial charge in [0.05, 0.1) is 0 Å². The standard InChI is InChI=1S/C19H16/c1-13-6-7-14-8-9-17-11-15-4-2-3-5-16(15)12-19(17)18(14)10-13/h2-10H,11-12H2,1H3. The van der Waals surface area contributed by atoms with Gasteiger partial charge in [-0.25, -0.2) is 0 Å². The van der Waals surface area contributed by atoms with Crippen molar-refractivity contribution >= 4 is 10.8 Å². The number of rotatable bonds is 0. The van der Waals surface area contributed by atoms with Crippen LogP contribution in [0.3, 0.4) is 0 Å². The molecule has 0 aliphatic heterocycles. The quantitative estimate of drug-likeness (QED) is 0.422. The zero-order valence-corrected chi connectivity index (χ0v) is 11.1. The van der Waals surface area contributed by atoms with E-state index >= 15 is 0 Å². The first-order chi connectivity index (χ1) is 9.31. The average Bonchev–Trinajstić information content (AvgIpc) is 2.45. The molecule has 0 unspecified atom stereocenters. The van der Waals surface area contributed by atoms with Gasteiger partial charge in [0.1, 0.15) is 0 Å². The maximum Gasteiger partial charge on any atom is -0.00139 e. The van der Waals surface area contributed by atoms with Gasteiger partial charge in [-0.05, 0) is 52.8 Å². The fraction of sp³-hybridized carbons (Fsp3) is 0.158. The lowest BCUT2D eigenvalue weighted by molar-refractivity contribution is 1.01. The van der Waals surface area contributed by atoms with E-state index in [9.17, 15) is 0 Å². The van der Waals surface area contributed by atoms with Crippen LogP contribution in [0.2, 0.25) is 0 Å². The van der Waals surface area contributed by atoms with E-state index in [1.165, 1.54) is 38.6 Å². The van der Waals surface area contributed by atoms with Crippen LogP contribution in [0.25, 0.3) is 10.8 Å². The third-order valence-electron chi connectivity index (χ3n) is 4.25. The summed E-state index contributed by atoms with van der Waals surface area (Å²) in [6.07, 6.45) is 2.15. The molecule has 0 heterocycles. The van der Waals surface area contributed by atoms with Gasteiger partial charge in [0.2, 0.25) is 0 Å². The summed E-state index contributed by atoms with van der Waals surface area (Å²) in [5.41, 5.74) is 7.35. The zero-order valence-electron chi connectivity index (χ0n) is 11.1. The molecular formula is C19H16. The highest BCUT2D eigenvalue weighted by molar-refractivity contribution is 5.88. The highest BCUT2D eigenvalue weighted by Crippen LogP contribution is 2.32. The Bertz CT molecular complexity index is 781. The van der Waals surface area contributed by atoms with Crippen LogP contribution < -0.4 is 0 Å². The Kier molecular flexibility index (Phi) is 2.25. The minimum Gasteiger partial charge on any atom is -0.0620 e. The predicted molar refractivity (Wildman–Crippen MR) is 80.7 cm³/mol. The van der Waals surface area contributed by atoms with Gasteiger partial charge in [0.15, 0.2) is 0 Å². The van der Waals surface area contributed by atoms with Crippen LogP contribution in [0.5, 0.6) is 0 Å². The van der Waals surface area contributed by atoms with Crippen LogP contribution in [0.15, 0.2) is 54.6 Å². The minimum absolute atomic E-state index is 1.08. The van der Waals surface area contributed by atoms with Gasteiger partial charge in [-0.15, -0.1) is 0 Å². The number of hydrogen-bond donors (Lipinski definition) is 0. The minimum atomic E-state index is 1.08. The summed E-state index contributed by atoms with van der Waals surface area (Å²) in [5, 5.41) is 2.80. The largest absolute Gasteiger partial charge is 0.0620 e. The van der Waals surface area contributed by atoms with Crippen molar-refractivity contribution in [3.63, 3.8) is 0 Å². The molecule has 0 atom stereocenters. The summed E-state index contributed by atoms with van der Waals surface area (Å²) in [4.78, 5) is 0. The SMILES string of the molecule is Cc1ccc2ccc3c(c2c1)Cc1ccccc1C3. The Hall–Kier alpha value is -2.08. The molecule has 0 saturated carbocycles. The molecule has 4 rings (SSSR count). The Morgan fingerprint density at radius 2 is 1.47 bits per heavy atom. The molecule has 1 aliphatic rings. The number of fused-ring (bicyclic) bond motifs is 4. The van der Waals surface area contributed by atoms with Gasteiger partial charge in [-0.3, -0.25) is 0 Å². The van der Waals surface area contributed by atoms with E-state index in [1.807, 2.05) is 0 Å². The molecule has 1 aliphatic carbocycles. The number of aryl methyl sites for hydroxylation is 1. The second kappa shape index (κ2) is 3.96. The summed E-state index contributed by atoms with van der Waals surface area (Å²) >= 11 is 0. The molecule has 0 fully saturated rings. The van der Waals surface area contributed by atoms with Crippen molar-refractivity contribution in [3.8, 4) is 0 Å². The van der Waals surface area contributed by atoms with Gasteiger partial charge >= 0.3 is 0 Å². The van der Waals surface area contributed by atoms with Crippen molar-refractivity contribution in [3.05, 3.63) is 82.4 Å². The van der Waals surface area contributed by atoms with E-state index in [0.717, 1.165) is 12.8 Å². The topological polar surface area (TPSA) is 0 Å². The third-order valence-corrected chi connectivity index (χ3v) is 4.25. The average molecular weight is 244 g/mol. The summed E-state index contributed by atoms with van der Waals surface area (Å²) in [6.45, 7) is 2.18. The fourth-order valence-electron chi connectivity index (χ4n) is 3.21. The van der Waals surface area contributed by atoms with Crippen molar-refractivity contribution < 1.29 is 0 Å². The molecule has 19 heavy (non-hydrogen) atoms. The lowest BCUT2D eigenvalue weighted by Crippen LogP contribution is -2.07. The Morgan fingerprint density at radius 3 is 2.32 bits per heavy atom. The second-order valence-corrected chi connectivity index (χ2v) is 5.55. The van der Waals surface area contributed by atoms with Crippen molar-refractivity contribution in [1.82, 2.24) is 0 Å². The van der Waals surface area contributed by atoms with E-state index in [0.29, 0.717) is 0 Å². The van der Waals surface area contributed by atoms with Crippen molar-refractivity contribution in [1.29, 1.82) is 0 Å². The molecule has 0 aromatic heterocycles. The molecule has 3 aromatic carbocycles. The molecule has 0 amide bonds.